The Bertz CT molecular complexity index is 757. The minimum absolute atomic E-state index is 0.0106. The summed E-state index contributed by atoms with van der Waals surface area (Å²) < 4.78 is 21.8. The van der Waals surface area contributed by atoms with E-state index in [1.807, 2.05) is 30.3 Å². The summed E-state index contributed by atoms with van der Waals surface area (Å²) in [5.41, 5.74) is 2.28. The highest BCUT2D eigenvalue weighted by Gasteiger charge is 2.24. The number of nitrogens with zero attached hydrogens (tertiary/aromatic N) is 1. The Morgan fingerprint density at radius 2 is 1.67 bits per heavy atom. The molecule has 0 radical (unpaired) electrons. The zero-order chi connectivity index (χ0) is 21.2. The molecule has 3 rings (SSSR count). The van der Waals surface area contributed by atoms with E-state index in [-0.39, 0.29) is 24.8 Å². The zero-order valence-corrected chi connectivity index (χ0v) is 17.8. The number of hydrogen-bond acceptors (Lipinski definition) is 6. The number of piperidine rings is 1. The number of methoxy groups -OCH3 is 2. The third kappa shape index (κ3) is 6.55. The first kappa shape index (κ1) is 22.3. The lowest BCUT2D eigenvalue weighted by Gasteiger charge is -2.34. The summed E-state index contributed by atoms with van der Waals surface area (Å²) in [6.45, 7) is 3.26. The number of benzene rings is 2. The predicted molar refractivity (Wildman–Crippen MR) is 115 cm³/mol. The topological polar surface area (TPSA) is 57.2 Å². The Morgan fingerprint density at radius 3 is 2.30 bits per heavy atom. The minimum Gasteiger partial charge on any atom is -0.497 e. The van der Waals surface area contributed by atoms with E-state index in [1.54, 1.807) is 7.11 Å². The van der Waals surface area contributed by atoms with Gasteiger partial charge in [0.25, 0.3) is 0 Å². The van der Waals surface area contributed by atoms with Crippen LogP contribution in [0.2, 0.25) is 0 Å². The Morgan fingerprint density at radius 1 is 1.00 bits per heavy atom. The first-order chi connectivity index (χ1) is 14.7. The van der Waals surface area contributed by atoms with Gasteiger partial charge in [-0.25, -0.2) is 4.79 Å². The average Bonchev–Trinajstić information content (AvgIpc) is 2.81. The molecule has 0 aliphatic carbocycles. The summed E-state index contributed by atoms with van der Waals surface area (Å²) in [6.07, 6.45) is 2.04. The third-order valence-electron chi connectivity index (χ3n) is 5.38. The van der Waals surface area contributed by atoms with Crippen LogP contribution in [0.1, 0.15) is 30.1 Å². The van der Waals surface area contributed by atoms with Crippen molar-refractivity contribution in [2.75, 3.05) is 47.1 Å². The van der Waals surface area contributed by atoms with Crippen LogP contribution >= 0.6 is 0 Å². The maximum absolute atomic E-state index is 11.1. The van der Waals surface area contributed by atoms with Gasteiger partial charge < -0.3 is 23.8 Å². The summed E-state index contributed by atoms with van der Waals surface area (Å²) in [5, 5.41) is 0. The molecule has 2 aromatic rings. The number of hydrogen-bond donors (Lipinski definition) is 0. The fraction of sp³-hybridized carbons (Fsp3) is 0.458. The molecule has 6 heteroatoms. The van der Waals surface area contributed by atoms with Crippen molar-refractivity contribution in [1.82, 2.24) is 4.90 Å². The smallest absolute Gasteiger partial charge is 0.331 e. The van der Waals surface area contributed by atoms with E-state index in [9.17, 15) is 4.79 Å². The summed E-state index contributed by atoms with van der Waals surface area (Å²) in [7, 11) is 3.04. The van der Waals surface area contributed by atoms with Gasteiger partial charge in [0, 0.05) is 19.6 Å². The van der Waals surface area contributed by atoms with Gasteiger partial charge in [-0.15, -0.1) is 0 Å². The summed E-state index contributed by atoms with van der Waals surface area (Å²) in [6, 6.07) is 18.4. The van der Waals surface area contributed by atoms with Crippen LogP contribution in [0.3, 0.4) is 0 Å². The molecule has 0 N–H and O–H groups in total. The Balaban J connectivity index is 1.54. The molecule has 162 valence electrons. The van der Waals surface area contributed by atoms with Crippen LogP contribution in [0, 0.1) is 0 Å². The largest absolute Gasteiger partial charge is 0.497 e. The highest BCUT2D eigenvalue weighted by molar-refractivity contribution is 5.70. The molecule has 0 saturated carbocycles. The molecule has 30 heavy (non-hydrogen) atoms. The average molecular weight is 414 g/mol. The summed E-state index contributed by atoms with van der Waals surface area (Å²) in [4.78, 5) is 13.4. The number of carbonyl (C=O) groups excluding carboxylic acids is 1. The third-order valence-corrected chi connectivity index (χ3v) is 5.38. The van der Waals surface area contributed by atoms with E-state index in [0.29, 0.717) is 6.61 Å². The van der Waals surface area contributed by atoms with Gasteiger partial charge in [0.2, 0.25) is 0 Å². The summed E-state index contributed by atoms with van der Waals surface area (Å²) >= 11 is 0. The molecule has 1 aliphatic rings. The Labute approximate surface area is 178 Å². The zero-order valence-electron chi connectivity index (χ0n) is 17.8. The van der Waals surface area contributed by atoms with Crippen molar-refractivity contribution in [3.05, 3.63) is 65.7 Å². The van der Waals surface area contributed by atoms with Gasteiger partial charge in [-0.2, -0.15) is 0 Å². The van der Waals surface area contributed by atoms with Crippen LogP contribution in [-0.4, -0.2) is 64.0 Å². The predicted octanol–water partition coefficient (Wildman–Crippen LogP) is 3.46. The maximum Gasteiger partial charge on any atom is 0.331 e. The number of carbonyl (C=O) groups is 1. The fourth-order valence-electron chi connectivity index (χ4n) is 3.63. The quantitative estimate of drug-likeness (QED) is 0.439. The van der Waals surface area contributed by atoms with E-state index < -0.39 is 0 Å². The highest BCUT2D eigenvalue weighted by Crippen LogP contribution is 2.31. The van der Waals surface area contributed by atoms with Crippen molar-refractivity contribution in [2.24, 2.45) is 0 Å². The first-order valence-corrected chi connectivity index (χ1v) is 10.4. The van der Waals surface area contributed by atoms with E-state index in [0.717, 1.165) is 49.4 Å². The van der Waals surface area contributed by atoms with Crippen LogP contribution in [0.15, 0.2) is 54.6 Å². The molecule has 1 heterocycles. The Kier molecular flexibility index (Phi) is 8.68. The lowest BCUT2D eigenvalue weighted by molar-refractivity contribution is -0.146. The van der Waals surface area contributed by atoms with Gasteiger partial charge in [-0.1, -0.05) is 42.5 Å². The van der Waals surface area contributed by atoms with E-state index >= 15 is 0 Å². The summed E-state index contributed by atoms with van der Waals surface area (Å²) in [5.74, 6) is 0.501. The molecule has 0 aromatic heterocycles. The van der Waals surface area contributed by atoms with E-state index in [2.05, 4.69) is 33.9 Å². The number of ether oxygens (including phenoxy) is 4. The van der Waals surface area contributed by atoms with Crippen molar-refractivity contribution in [3.8, 4) is 5.75 Å². The van der Waals surface area contributed by atoms with Gasteiger partial charge in [0.1, 0.15) is 18.5 Å². The van der Waals surface area contributed by atoms with Crippen LogP contribution in [0.4, 0.5) is 0 Å². The monoisotopic (exact) mass is 413 g/mol. The van der Waals surface area contributed by atoms with Gasteiger partial charge >= 0.3 is 5.97 Å². The van der Waals surface area contributed by atoms with Crippen LogP contribution in [0.25, 0.3) is 0 Å². The van der Waals surface area contributed by atoms with Crippen molar-refractivity contribution in [2.45, 2.75) is 25.0 Å². The molecule has 0 amide bonds. The van der Waals surface area contributed by atoms with Crippen molar-refractivity contribution in [1.29, 1.82) is 0 Å². The molecule has 1 saturated heterocycles. The van der Waals surface area contributed by atoms with Gasteiger partial charge in [-0.05, 0) is 36.1 Å². The lowest BCUT2D eigenvalue weighted by Crippen LogP contribution is -2.39. The SMILES string of the molecule is COC(=O)COCCN1CCC(OC(c2ccccc2)c2ccc(OC)cc2)CC1. The second kappa shape index (κ2) is 11.7. The molecule has 6 nitrogen and oxygen atoms in total. The number of rotatable bonds is 10. The van der Waals surface area contributed by atoms with E-state index in [4.69, 9.17) is 14.2 Å². The second-order valence-electron chi connectivity index (χ2n) is 7.37. The molecule has 1 fully saturated rings. The maximum atomic E-state index is 11.1. The van der Waals surface area contributed by atoms with Gasteiger partial charge in [-0.3, -0.25) is 0 Å². The molecule has 1 unspecified atom stereocenters. The molecule has 0 spiro atoms. The molecule has 1 atom stereocenters. The molecule has 0 bridgehead atoms. The minimum atomic E-state index is -0.340. The van der Waals surface area contributed by atoms with Crippen LogP contribution in [0.5, 0.6) is 5.75 Å². The van der Waals surface area contributed by atoms with Crippen LogP contribution < -0.4 is 4.74 Å². The fourth-order valence-corrected chi connectivity index (χ4v) is 3.63. The van der Waals surface area contributed by atoms with Gasteiger partial charge in [0.15, 0.2) is 0 Å². The highest BCUT2D eigenvalue weighted by atomic mass is 16.6. The lowest BCUT2D eigenvalue weighted by atomic mass is 10.00. The molecule has 2 aromatic carbocycles. The molecular weight excluding hydrogens is 382 g/mol. The first-order valence-electron chi connectivity index (χ1n) is 10.4. The number of likely N-dealkylation sites (tertiary alicyclic amines) is 1. The second-order valence-corrected chi connectivity index (χ2v) is 7.37. The molecular formula is C24H31NO5. The van der Waals surface area contributed by atoms with Crippen molar-refractivity contribution < 1.29 is 23.7 Å². The normalized spacial score (nSPS) is 16.2. The van der Waals surface area contributed by atoms with Gasteiger partial charge in [0.05, 0.1) is 26.9 Å². The van der Waals surface area contributed by atoms with Crippen LogP contribution in [-0.2, 0) is 19.0 Å². The standard InChI is InChI=1S/C24H31NO5/c1-27-21-10-8-20(9-11-21)24(19-6-4-3-5-7-19)30-22-12-14-25(15-13-22)16-17-29-18-23(26)28-2/h3-11,22,24H,12-18H2,1-2H3. The number of esters is 1. The van der Waals surface area contributed by atoms with Crippen molar-refractivity contribution >= 4 is 5.97 Å². The van der Waals surface area contributed by atoms with E-state index in [1.165, 1.54) is 7.11 Å². The Hall–Kier alpha value is -2.41. The van der Waals surface area contributed by atoms with Crippen molar-refractivity contribution in [3.63, 3.8) is 0 Å². The molecule has 1 aliphatic heterocycles.